The molecule has 1 aromatic rings. The predicted molar refractivity (Wildman–Crippen MR) is 57.6 cm³/mol. The molecule has 0 amide bonds. The molecule has 1 aliphatic heterocycles. The first-order valence-corrected chi connectivity index (χ1v) is 5.69. The Kier molecular flexibility index (Phi) is 2.76. The van der Waals surface area contributed by atoms with E-state index < -0.39 is 22.3 Å². The Labute approximate surface area is 93.3 Å². The molecular formula is C10H9NO4S. The van der Waals surface area contributed by atoms with Crippen LogP contribution in [0.4, 0.5) is 0 Å². The number of benzene rings is 1. The van der Waals surface area contributed by atoms with Crippen molar-refractivity contribution >= 4 is 21.3 Å². The Bertz CT molecular complexity index is 568. The van der Waals surface area contributed by atoms with Gasteiger partial charge in [0.25, 0.3) is 0 Å². The fourth-order valence-electron chi connectivity index (χ4n) is 1.74. The van der Waals surface area contributed by atoms with E-state index in [-0.39, 0.29) is 11.4 Å². The maximum atomic E-state index is 11.0. The van der Waals surface area contributed by atoms with E-state index in [2.05, 4.69) is 5.32 Å². The first kappa shape index (κ1) is 10.8. The molecule has 0 fully saturated rings. The first-order valence-electron chi connectivity index (χ1n) is 4.62. The van der Waals surface area contributed by atoms with Gasteiger partial charge in [-0.25, -0.2) is 0 Å². The van der Waals surface area contributed by atoms with E-state index in [0.29, 0.717) is 5.56 Å². The molecule has 2 rings (SSSR count). The number of hydrogen-bond acceptors (Lipinski definition) is 3. The third-order valence-corrected chi connectivity index (χ3v) is 3.14. The normalized spacial score (nSPS) is 19.0. The minimum absolute atomic E-state index is 0.0195. The first-order chi connectivity index (χ1) is 7.59. The highest BCUT2D eigenvalue weighted by molar-refractivity contribution is 7.72. The molecule has 0 bridgehead atoms. The molecule has 1 heterocycles. The lowest BCUT2D eigenvalue weighted by atomic mass is 9.94. The second-order valence-corrected chi connectivity index (χ2v) is 4.41. The highest BCUT2D eigenvalue weighted by Gasteiger charge is 2.28. The SMILES string of the molecule is O=C(O)C1NC(=S(=O)=O)Cc2ccccc21. The molecule has 0 aliphatic carbocycles. The van der Waals surface area contributed by atoms with E-state index in [1.807, 2.05) is 0 Å². The minimum Gasteiger partial charge on any atom is -0.480 e. The van der Waals surface area contributed by atoms with Gasteiger partial charge in [-0.3, -0.25) is 10.1 Å². The van der Waals surface area contributed by atoms with Crippen molar-refractivity contribution in [3.05, 3.63) is 35.4 Å². The molecule has 0 saturated heterocycles. The summed E-state index contributed by atoms with van der Waals surface area (Å²) in [5, 5.41) is 11.5. The van der Waals surface area contributed by atoms with Gasteiger partial charge in [0.05, 0.1) is 0 Å². The fourth-order valence-corrected chi connectivity index (χ4v) is 2.23. The van der Waals surface area contributed by atoms with E-state index in [9.17, 15) is 13.2 Å². The summed E-state index contributed by atoms with van der Waals surface area (Å²) >= 11 is 0. The van der Waals surface area contributed by atoms with Crippen molar-refractivity contribution in [2.45, 2.75) is 12.5 Å². The second kappa shape index (κ2) is 4.07. The van der Waals surface area contributed by atoms with Gasteiger partial charge in [-0.2, -0.15) is 8.42 Å². The van der Waals surface area contributed by atoms with Crippen LogP contribution < -0.4 is 5.32 Å². The van der Waals surface area contributed by atoms with Gasteiger partial charge in [0.15, 0.2) is 0 Å². The molecule has 5 nitrogen and oxygen atoms in total. The summed E-state index contributed by atoms with van der Waals surface area (Å²) in [4.78, 5) is 11.0. The van der Waals surface area contributed by atoms with Crippen LogP contribution in [0.2, 0.25) is 0 Å². The topological polar surface area (TPSA) is 83.5 Å². The number of carboxylic acid groups (broad SMARTS) is 1. The summed E-state index contributed by atoms with van der Waals surface area (Å²) in [7, 11) is -2.40. The summed E-state index contributed by atoms with van der Waals surface area (Å²) in [5.41, 5.74) is 1.34. The van der Waals surface area contributed by atoms with Gasteiger partial charge < -0.3 is 5.11 Å². The maximum absolute atomic E-state index is 11.0. The number of nitrogens with one attached hydrogen (secondary N) is 1. The zero-order valence-corrected chi connectivity index (χ0v) is 8.99. The maximum Gasteiger partial charge on any atom is 0.325 e. The molecule has 84 valence electrons. The molecule has 0 spiro atoms. The molecule has 6 heteroatoms. The lowest BCUT2D eigenvalue weighted by Gasteiger charge is -2.23. The highest BCUT2D eigenvalue weighted by atomic mass is 32.2. The Morgan fingerprint density at radius 1 is 1.38 bits per heavy atom. The standard InChI is InChI=1S/C10H9NO4S/c12-10(13)9-7-4-2-1-3-6(7)5-8(11-9)16(14)15/h1-4,9,11H,5H2,(H,12,13). The zero-order chi connectivity index (χ0) is 11.7. The van der Waals surface area contributed by atoms with Crippen molar-refractivity contribution < 1.29 is 18.3 Å². The van der Waals surface area contributed by atoms with Crippen LogP contribution in [0, 0.1) is 0 Å². The van der Waals surface area contributed by atoms with Crippen molar-refractivity contribution in [2.75, 3.05) is 0 Å². The van der Waals surface area contributed by atoms with Crippen LogP contribution in [0.3, 0.4) is 0 Å². The molecule has 0 aromatic heterocycles. The van der Waals surface area contributed by atoms with E-state index >= 15 is 0 Å². The molecule has 0 saturated carbocycles. The summed E-state index contributed by atoms with van der Waals surface area (Å²) in [6.45, 7) is 0. The van der Waals surface area contributed by atoms with Gasteiger partial charge >= 0.3 is 5.97 Å². The van der Waals surface area contributed by atoms with E-state index in [1.54, 1.807) is 24.3 Å². The number of aliphatic carboxylic acids is 1. The molecule has 1 unspecified atom stereocenters. The third kappa shape index (κ3) is 1.84. The van der Waals surface area contributed by atoms with Crippen molar-refractivity contribution in [1.82, 2.24) is 5.32 Å². The summed E-state index contributed by atoms with van der Waals surface area (Å²) < 4.78 is 21.7. The van der Waals surface area contributed by atoms with Crippen LogP contribution in [0.5, 0.6) is 0 Å². The molecule has 16 heavy (non-hydrogen) atoms. The van der Waals surface area contributed by atoms with Gasteiger partial charge in [-0.1, -0.05) is 24.3 Å². The summed E-state index contributed by atoms with van der Waals surface area (Å²) in [6, 6.07) is 5.92. The summed E-state index contributed by atoms with van der Waals surface area (Å²) in [5.74, 6) is -1.09. The lowest BCUT2D eigenvalue weighted by molar-refractivity contribution is -0.139. The van der Waals surface area contributed by atoms with Crippen LogP contribution >= 0.6 is 0 Å². The Balaban J connectivity index is 2.58. The number of carboxylic acids is 1. The van der Waals surface area contributed by atoms with Crippen LogP contribution in [0.1, 0.15) is 17.2 Å². The Morgan fingerprint density at radius 3 is 2.69 bits per heavy atom. The van der Waals surface area contributed by atoms with Gasteiger partial charge in [0, 0.05) is 6.42 Å². The highest BCUT2D eigenvalue weighted by Crippen LogP contribution is 2.23. The van der Waals surface area contributed by atoms with Gasteiger partial charge in [0.2, 0.25) is 10.3 Å². The monoisotopic (exact) mass is 239 g/mol. The van der Waals surface area contributed by atoms with Crippen LogP contribution in [0.25, 0.3) is 0 Å². The molecule has 0 radical (unpaired) electrons. The molecule has 1 aromatic carbocycles. The van der Waals surface area contributed by atoms with E-state index in [1.165, 1.54) is 0 Å². The average Bonchev–Trinajstić information content (AvgIpc) is 2.27. The van der Waals surface area contributed by atoms with Gasteiger partial charge in [0.1, 0.15) is 11.0 Å². The Morgan fingerprint density at radius 2 is 2.06 bits per heavy atom. The molecule has 2 N–H and O–H groups in total. The largest absolute Gasteiger partial charge is 0.480 e. The van der Waals surface area contributed by atoms with Crippen molar-refractivity contribution in [3.8, 4) is 0 Å². The predicted octanol–water partition coefficient (Wildman–Crippen LogP) is -0.0330. The second-order valence-electron chi connectivity index (χ2n) is 3.45. The van der Waals surface area contributed by atoms with Crippen LogP contribution in [-0.2, 0) is 21.5 Å². The number of hydrogen-bond donors (Lipinski definition) is 2. The molecule has 1 atom stereocenters. The van der Waals surface area contributed by atoms with Gasteiger partial charge in [-0.15, -0.1) is 0 Å². The third-order valence-electron chi connectivity index (χ3n) is 2.47. The number of rotatable bonds is 1. The lowest BCUT2D eigenvalue weighted by Crippen LogP contribution is -2.39. The van der Waals surface area contributed by atoms with Crippen molar-refractivity contribution in [2.24, 2.45) is 0 Å². The zero-order valence-electron chi connectivity index (χ0n) is 8.17. The number of carbonyl (C=O) groups is 1. The molecule has 1 aliphatic rings. The smallest absolute Gasteiger partial charge is 0.325 e. The Hall–Kier alpha value is -1.66. The van der Waals surface area contributed by atoms with Crippen molar-refractivity contribution in [3.63, 3.8) is 0 Å². The van der Waals surface area contributed by atoms with Crippen LogP contribution in [-0.4, -0.2) is 24.5 Å². The average molecular weight is 239 g/mol. The number of fused-ring (bicyclic) bond motifs is 1. The van der Waals surface area contributed by atoms with Gasteiger partial charge in [-0.05, 0) is 11.1 Å². The summed E-state index contributed by atoms with van der Waals surface area (Å²) in [6.07, 6.45) is 0.218. The minimum atomic E-state index is -2.40. The fraction of sp³-hybridized carbons (Fsp3) is 0.200. The van der Waals surface area contributed by atoms with Crippen molar-refractivity contribution in [1.29, 1.82) is 0 Å². The quantitative estimate of drug-likeness (QED) is 0.672. The molecular weight excluding hydrogens is 230 g/mol. The van der Waals surface area contributed by atoms with Crippen LogP contribution in [0.15, 0.2) is 24.3 Å². The van der Waals surface area contributed by atoms with E-state index in [0.717, 1.165) is 5.56 Å². The van der Waals surface area contributed by atoms with E-state index in [4.69, 9.17) is 5.11 Å².